The third kappa shape index (κ3) is 2.63. The molecule has 3 heterocycles. The molecule has 5 atom stereocenters. The summed E-state index contributed by atoms with van der Waals surface area (Å²) in [5.41, 5.74) is 1.95. The van der Waals surface area contributed by atoms with E-state index in [-0.39, 0.29) is 36.2 Å². The molecule has 27 heavy (non-hydrogen) atoms. The molecule has 2 bridgehead atoms. The van der Waals surface area contributed by atoms with Gasteiger partial charge in [-0.15, -0.1) is 0 Å². The van der Waals surface area contributed by atoms with Crippen molar-refractivity contribution in [1.29, 1.82) is 0 Å². The Bertz CT molecular complexity index is 872. The van der Waals surface area contributed by atoms with Crippen molar-refractivity contribution < 1.29 is 19.0 Å². The van der Waals surface area contributed by atoms with Crippen LogP contribution >= 0.6 is 0 Å². The molecule has 5 rings (SSSR count). The van der Waals surface area contributed by atoms with Crippen LogP contribution in [0.4, 0.5) is 14.9 Å². The minimum atomic E-state index is -0.998. The lowest BCUT2D eigenvalue weighted by Crippen LogP contribution is -2.53. The van der Waals surface area contributed by atoms with E-state index in [4.69, 9.17) is 4.74 Å². The van der Waals surface area contributed by atoms with Crippen molar-refractivity contribution >= 4 is 11.8 Å². The van der Waals surface area contributed by atoms with Crippen molar-refractivity contribution in [2.24, 2.45) is 0 Å². The molecule has 3 aliphatic heterocycles. The van der Waals surface area contributed by atoms with Crippen molar-refractivity contribution in [2.45, 2.75) is 43.2 Å². The van der Waals surface area contributed by atoms with E-state index in [0.717, 1.165) is 18.4 Å². The molecule has 140 valence electrons. The van der Waals surface area contributed by atoms with Crippen LogP contribution in [0.5, 0.6) is 0 Å². The molecule has 2 aromatic carbocycles. The SMILES string of the molecule is CN1[C@@H]2C[C@@H](N(C(=O)O)c3ccc(F)cc3-c3ccccc3)C[C@H]1[C@@H]1O[C@@H]12. The first-order chi connectivity index (χ1) is 13.0. The molecule has 5 nitrogen and oxygen atoms in total. The van der Waals surface area contributed by atoms with E-state index in [2.05, 4.69) is 11.9 Å². The maximum atomic E-state index is 14.0. The lowest BCUT2D eigenvalue weighted by molar-refractivity contribution is 0.0642. The number of piperidine rings is 1. The molecule has 1 N–H and O–H groups in total. The van der Waals surface area contributed by atoms with E-state index >= 15 is 0 Å². The molecule has 1 amide bonds. The second kappa shape index (κ2) is 6.04. The molecule has 6 heteroatoms. The second-order valence-corrected chi connectivity index (χ2v) is 7.67. The van der Waals surface area contributed by atoms with Gasteiger partial charge in [-0.3, -0.25) is 9.80 Å². The molecule has 0 aliphatic carbocycles. The van der Waals surface area contributed by atoms with Gasteiger partial charge in [-0.25, -0.2) is 9.18 Å². The quantitative estimate of drug-likeness (QED) is 0.842. The number of hydrogen-bond acceptors (Lipinski definition) is 3. The molecule has 0 saturated carbocycles. The molecule has 0 aromatic heterocycles. The smallest absolute Gasteiger partial charge is 0.412 e. The van der Waals surface area contributed by atoms with E-state index < -0.39 is 6.09 Å². The van der Waals surface area contributed by atoms with Crippen LogP contribution < -0.4 is 4.90 Å². The van der Waals surface area contributed by atoms with Gasteiger partial charge < -0.3 is 9.84 Å². The summed E-state index contributed by atoms with van der Waals surface area (Å²) in [5.74, 6) is -0.374. The van der Waals surface area contributed by atoms with Crippen LogP contribution in [-0.2, 0) is 4.74 Å². The number of fused-ring (bicyclic) bond motifs is 5. The average molecular weight is 368 g/mol. The zero-order valence-electron chi connectivity index (χ0n) is 15.0. The summed E-state index contributed by atoms with van der Waals surface area (Å²) in [6.45, 7) is 0. The van der Waals surface area contributed by atoms with E-state index in [0.29, 0.717) is 11.3 Å². The normalized spacial score (nSPS) is 31.4. The van der Waals surface area contributed by atoms with Crippen LogP contribution in [0.2, 0.25) is 0 Å². The van der Waals surface area contributed by atoms with Crippen LogP contribution in [0.25, 0.3) is 11.1 Å². The zero-order valence-corrected chi connectivity index (χ0v) is 15.0. The topological polar surface area (TPSA) is 56.3 Å². The van der Waals surface area contributed by atoms with Crippen molar-refractivity contribution in [3.05, 3.63) is 54.3 Å². The predicted molar refractivity (Wildman–Crippen MR) is 99.4 cm³/mol. The van der Waals surface area contributed by atoms with Gasteiger partial charge in [-0.05, 0) is 43.7 Å². The highest BCUT2D eigenvalue weighted by molar-refractivity contribution is 5.93. The summed E-state index contributed by atoms with van der Waals surface area (Å²) in [7, 11) is 2.10. The van der Waals surface area contributed by atoms with Gasteiger partial charge in [0.2, 0.25) is 0 Å². The Morgan fingerprint density at radius 2 is 1.81 bits per heavy atom. The standard InChI is InChI=1S/C21H21FN2O3/c1-23-17-10-14(11-18(23)20-19(17)27-20)24(21(25)26)16-8-7-13(22)9-15(16)12-5-3-2-4-6-12/h2-9,14,17-20H,10-11H2,1H3,(H,25,26)/t14-,17-,18+,19-,20+. The summed E-state index contributed by atoms with van der Waals surface area (Å²) >= 11 is 0. The fraction of sp³-hybridized carbons (Fsp3) is 0.381. The number of amides is 1. The number of halogens is 1. The predicted octanol–water partition coefficient (Wildman–Crippen LogP) is 3.59. The number of anilines is 1. The highest BCUT2D eigenvalue weighted by atomic mass is 19.1. The fourth-order valence-corrected chi connectivity index (χ4v) is 4.95. The van der Waals surface area contributed by atoms with E-state index in [1.807, 2.05) is 30.3 Å². The Balaban J connectivity index is 1.55. The maximum Gasteiger partial charge on any atom is 0.412 e. The van der Waals surface area contributed by atoms with E-state index in [9.17, 15) is 14.3 Å². The molecule has 3 fully saturated rings. The van der Waals surface area contributed by atoms with Gasteiger partial charge in [-0.1, -0.05) is 30.3 Å². The maximum absolute atomic E-state index is 14.0. The molecule has 0 unspecified atom stereocenters. The number of likely N-dealkylation sites (N-methyl/N-ethyl adjacent to an activating group) is 1. The van der Waals surface area contributed by atoms with Gasteiger partial charge in [0.15, 0.2) is 0 Å². The summed E-state index contributed by atoms with van der Waals surface area (Å²) in [4.78, 5) is 16.0. The van der Waals surface area contributed by atoms with Crippen LogP contribution in [0.1, 0.15) is 12.8 Å². The molecule has 0 radical (unpaired) electrons. The van der Waals surface area contributed by atoms with Crippen LogP contribution in [0.3, 0.4) is 0 Å². The van der Waals surface area contributed by atoms with Gasteiger partial charge >= 0.3 is 6.09 Å². The zero-order chi connectivity index (χ0) is 18.7. The lowest BCUT2D eigenvalue weighted by atomic mass is 9.94. The number of rotatable bonds is 3. The average Bonchev–Trinajstić information content (AvgIpc) is 3.41. The highest BCUT2D eigenvalue weighted by Gasteiger charge is 2.63. The van der Waals surface area contributed by atoms with Crippen LogP contribution in [-0.4, -0.2) is 53.5 Å². The monoisotopic (exact) mass is 368 g/mol. The Morgan fingerprint density at radius 3 is 2.44 bits per heavy atom. The third-order valence-electron chi connectivity index (χ3n) is 6.27. The molecule has 3 saturated heterocycles. The van der Waals surface area contributed by atoms with Crippen molar-refractivity contribution in [3.8, 4) is 11.1 Å². The van der Waals surface area contributed by atoms with Crippen molar-refractivity contribution in [2.75, 3.05) is 11.9 Å². The first-order valence-electron chi connectivity index (χ1n) is 9.29. The molecular weight excluding hydrogens is 347 g/mol. The first kappa shape index (κ1) is 16.7. The van der Waals surface area contributed by atoms with E-state index in [1.165, 1.54) is 17.0 Å². The Labute approximate surface area is 157 Å². The van der Waals surface area contributed by atoms with Crippen LogP contribution in [0, 0.1) is 5.82 Å². The summed E-state index contributed by atoms with van der Waals surface area (Å²) in [6, 6.07) is 14.1. The van der Waals surface area contributed by atoms with Gasteiger partial charge in [0, 0.05) is 23.7 Å². The number of nitrogens with zero attached hydrogens (tertiary/aromatic N) is 2. The number of benzene rings is 2. The van der Waals surface area contributed by atoms with Crippen molar-refractivity contribution in [3.63, 3.8) is 0 Å². The molecular formula is C21H21FN2O3. The largest absolute Gasteiger partial charge is 0.465 e. The second-order valence-electron chi connectivity index (χ2n) is 7.67. The van der Waals surface area contributed by atoms with Crippen LogP contribution in [0.15, 0.2) is 48.5 Å². The van der Waals surface area contributed by atoms with Gasteiger partial charge in [-0.2, -0.15) is 0 Å². The summed E-state index contributed by atoms with van der Waals surface area (Å²) in [6.07, 6.45) is 0.935. The Hall–Kier alpha value is -2.44. The number of carbonyl (C=O) groups is 1. The number of epoxide rings is 1. The minimum absolute atomic E-state index is 0.141. The fourth-order valence-electron chi connectivity index (χ4n) is 4.95. The third-order valence-corrected chi connectivity index (χ3v) is 6.27. The number of ether oxygens (including phenoxy) is 1. The Morgan fingerprint density at radius 1 is 1.15 bits per heavy atom. The molecule has 0 spiro atoms. The van der Waals surface area contributed by atoms with Gasteiger partial charge in [0.1, 0.15) is 18.0 Å². The number of morpholine rings is 1. The Kier molecular flexibility index (Phi) is 3.74. The minimum Gasteiger partial charge on any atom is -0.465 e. The van der Waals surface area contributed by atoms with Gasteiger partial charge in [0.25, 0.3) is 0 Å². The lowest BCUT2D eigenvalue weighted by Gasteiger charge is -2.42. The molecule has 2 aromatic rings. The first-order valence-corrected chi connectivity index (χ1v) is 9.29. The summed E-state index contributed by atoms with van der Waals surface area (Å²) < 4.78 is 19.7. The van der Waals surface area contributed by atoms with Crippen molar-refractivity contribution in [1.82, 2.24) is 4.90 Å². The summed E-state index contributed by atoms with van der Waals surface area (Å²) in [5, 5.41) is 10.0. The molecule has 3 aliphatic rings. The van der Waals surface area contributed by atoms with E-state index in [1.54, 1.807) is 6.07 Å². The number of carboxylic acid groups (broad SMARTS) is 1. The number of hydrogen-bond donors (Lipinski definition) is 1. The van der Waals surface area contributed by atoms with Gasteiger partial charge in [0.05, 0.1) is 5.69 Å². The highest BCUT2D eigenvalue weighted by Crippen LogP contribution is 2.49.